The fraction of sp³-hybridized carbons (Fsp3) is 0.800. The molecule has 0 aromatic heterocycles. The fourth-order valence-electron chi connectivity index (χ4n) is 1.30. The van der Waals surface area contributed by atoms with Crippen molar-refractivity contribution in [1.29, 1.82) is 0 Å². The van der Waals surface area contributed by atoms with Gasteiger partial charge in [-0.05, 0) is 35.7 Å². The number of rotatable bonds is 2. The maximum absolute atomic E-state index is 11.2. The van der Waals surface area contributed by atoms with Gasteiger partial charge in [0.2, 0.25) is 4.69 Å². The van der Waals surface area contributed by atoms with Crippen LogP contribution >= 0.6 is 31.9 Å². The predicted octanol–water partition coefficient (Wildman–Crippen LogP) is 1.87. The van der Waals surface area contributed by atoms with Crippen molar-refractivity contribution in [2.45, 2.75) is 25.8 Å². The summed E-state index contributed by atoms with van der Waals surface area (Å²) in [4.78, 5) is 22.6. The number of nitrogens with zero attached hydrogens (tertiary/aromatic N) is 1. The molecule has 100 valence electrons. The van der Waals surface area contributed by atoms with Crippen LogP contribution in [0.15, 0.2) is 0 Å². The predicted molar refractivity (Wildman–Crippen MR) is 73.5 cm³/mol. The topological polar surface area (TPSA) is 72.6 Å². The number of piperidine rings is 1. The summed E-state index contributed by atoms with van der Waals surface area (Å²) in [5.74, 6) is 0. The molecule has 1 aliphatic rings. The standard InChI is InChI=1S/C8H16N2O2.C2H2Br2O/c1-2-12-8(11)10-5-3-7(9)4-6-10;3-1-2(4)5/h7H,2-6,9H2,1H3;1H2. The van der Waals surface area contributed by atoms with Gasteiger partial charge in [0.1, 0.15) is 0 Å². The van der Waals surface area contributed by atoms with Crippen LogP contribution in [0.5, 0.6) is 0 Å². The van der Waals surface area contributed by atoms with Gasteiger partial charge in [0.05, 0.1) is 11.9 Å². The number of carbonyl (C=O) groups excluding carboxylic acids is 2. The van der Waals surface area contributed by atoms with Gasteiger partial charge in [-0.3, -0.25) is 4.79 Å². The molecule has 17 heavy (non-hydrogen) atoms. The zero-order valence-electron chi connectivity index (χ0n) is 9.83. The highest BCUT2D eigenvalue weighted by Crippen LogP contribution is 2.08. The number of nitrogens with two attached hydrogens (primary N) is 1. The molecule has 0 aromatic carbocycles. The van der Waals surface area contributed by atoms with Crippen molar-refractivity contribution in [2.75, 3.05) is 25.0 Å². The molecule has 1 rings (SSSR count). The van der Waals surface area contributed by atoms with Crippen LogP contribution in [0.25, 0.3) is 0 Å². The van der Waals surface area contributed by atoms with Crippen molar-refractivity contribution < 1.29 is 14.3 Å². The largest absolute Gasteiger partial charge is 0.450 e. The van der Waals surface area contributed by atoms with E-state index in [4.69, 9.17) is 10.5 Å². The first kappa shape index (κ1) is 16.9. The zero-order chi connectivity index (χ0) is 13.3. The lowest BCUT2D eigenvalue weighted by Gasteiger charge is -2.29. The van der Waals surface area contributed by atoms with Crippen LogP contribution in [-0.4, -0.2) is 46.8 Å². The third kappa shape index (κ3) is 8.57. The van der Waals surface area contributed by atoms with Crippen molar-refractivity contribution in [3.05, 3.63) is 0 Å². The smallest absolute Gasteiger partial charge is 0.409 e. The number of hydrogen-bond donors (Lipinski definition) is 1. The van der Waals surface area contributed by atoms with Crippen molar-refractivity contribution >= 4 is 42.6 Å². The summed E-state index contributed by atoms with van der Waals surface area (Å²) >= 11 is 5.60. The average molecular weight is 374 g/mol. The van der Waals surface area contributed by atoms with Gasteiger partial charge in [-0.15, -0.1) is 0 Å². The number of halogens is 2. The molecule has 2 N–H and O–H groups in total. The Labute approximate surface area is 118 Å². The van der Waals surface area contributed by atoms with Gasteiger partial charge < -0.3 is 15.4 Å². The van der Waals surface area contributed by atoms with Crippen LogP contribution in [0, 0.1) is 0 Å². The number of hydrogen-bond acceptors (Lipinski definition) is 4. The minimum atomic E-state index is -0.204. The third-order valence-electron chi connectivity index (χ3n) is 2.17. The van der Waals surface area contributed by atoms with E-state index in [1.165, 1.54) is 0 Å². The van der Waals surface area contributed by atoms with Crippen molar-refractivity contribution in [3.8, 4) is 0 Å². The van der Waals surface area contributed by atoms with Gasteiger partial charge >= 0.3 is 6.09 Å². The highest BCUT2D eigenvalue weighted by molar-refractivity contribution is 9.19. The summed E-state index contributed by atoms with van der Waals surface area (Å²) in [6, 6.07) is 0.260. The van der Waals surface area contributed by atoms with E-state index < -0.39 is 0 Å². The summed E-state index contributed by atoms with van der Waals surface area (Å²) in [6.45, 7) is 3.73. The van der Waals surface area contributed by atoms with E-state index in [9.17, 15) is 9.59 Å². The van der Waals surface area contributed by atoms with E-state index in [-0.39, 0.29) is 16.8 Å². The molecular formula is C10H18Br2N2O3. The van der Waals surface area contributed by atoms with E-state index in [2.05, 4.69) is 31.9 Å². The molecule has 0 atom stereocenters. The van der Waals surface area contributed by atoms with E-state index in [1.807, 2.05) is 6.92 Å². The van der Waals surface area contributed by atoms with Crippen LogP contribution in [0.2, 0.25) is 0 Å². The average Bonchev–Trinajstić information content (AvgIpc) is 2.31. The highest BCUT2D eigenvalue weighted by atomic mass is 79.9. The zero-order valence-corrected chi connectivity index (χ0v) is 13.0. The molecular weight excluding hydrogens is 356 g/mol. The molecule has 1 heterocycles. The molecule has 0 spiro atoms. The van der Waals surface area contributed by atoms with Crippen LogP contribution < -0.4 is 5.73 Å². The Balaban J connectivity index is 0.000000437. The van der Waals surface area contributed by atoms with Crippen molar-refractivity contribution in [3.63, 3.8) is 0 Å². The first-order valence-corrected chi connectivity index (χ1v) is 7.34. The van der Waals surface area contributed by atoms with Gasteiger partial charge in [-0.2, -0.15) is 0 Å². The second-order valence-corrected chi connectivity index (χ2v) is 4.96. The molecule has 1 amide bonds. The second-order valence-electron chi connectivity index (χ2n) is 3.51. The lowest BCUT2D eigenvalue weighted by molar-refractivity contribution is -0.108. The summed E-state index contributed by atoms with van der Waals surface area (Å²) in [6.07, 6.45) is 1.57. The van der Waals surface area contributed by atoms with Crippen molar-refractivity contribution in [2.24, 2.45) is 5.73 Å². The van der Waals surface area contributed by atoms with Crippen LogP contribution in [0.1, 0.15) is 19.8 Å². The number of likely N-dealkylation sites (tertiary alicyclic amines) is 1. The Bertz CT molecular complexity index is 244. The first-order chi connectivity index (χ1) is 8.01. The Hall–Kier alpha value is -0.140. The van der Waals surface area contributed by atoms with Gasteiger partial charge in [0, 0.05) is 19.1 Å². The lowest BCUT2D eigenvalue weighted by atomic mass is 10.1. The Morgan fingerprint density at radius 1 is 1.41 bits per heavy atom. The van der Waals surface area contributed by atoms with E-state index in [0.717, 1.165) is 25.9 Å². The van der Waals surface area contributed by atoms with Gasteiger partial charge in [0.15, 0.2) is 0 Å². The van der Waals surface area contributed by atoms with E-state index >= 15 is 0 Å². The first-order valence-electron chi connectivity index (χ1n) is 5.42. The number of alkyl halides is 1. The van der Waals surface area contributed by atoms with E-state index in [1.54, 1.807) is 4.90 Å². The monoisotopic (exact) mass is 372 g/mol. The molecule has 0 aromatic rings. The van der Waals surface area contributed by atoms with Gasteiger partial charge in [0.25, 0.3) is 0 Å². The molecule has 0 radical (unpaired) electrons. The molecule has 0 aliphatic carbocycles. The van der Waals surface area contributed by atoms with Crippen LogP contribution in [0.3, 0.4) is 0 Å². The summed E-state index contributed by atoms with van der Waals surface area (Å²) in [5.41, 5.74) is 5.69. The summed E-state index contributed by atoms with van der Waals surface area (Å²) in [5, 5.41) is 0.396. The van der Waals surface area contributed by atoms with Gasteiger partial charge in [-0.1, -0.05) is 15.9 Å². The molecule has 7 heteroatoms. The SMILES string of the molecule is CCOC(=O)N1CCC(N)CC1.O=C(Br)CBr. The number of ether oxygens (including phenoxy) is 1. The molecule has 1 saturated heterocycles. The molecule has 0 unspecified atom stereocenters. The van der Waals surface area contributed by atoms with Crippen LogP contribution in [0.4, 0.5) is 4.79 Å². The molecule has 0 bridgehead atoms. The molecule has 0 saturated carbocycles. The summed E-state index contributed by atoms with van der Waals surface area (Å²) < 4.78 is 4.85. The molecule has 1 fully saturated rings. The maximum Gasteiger partial charge on any atom is 0.409 e. The molecule has 1 aliphatic heterocycles. The molecule has 5 nitrogen and oxygen atoms in total. The Morgan fingerprint density at radius 2 is 1.88 bits per heavy atom. The lowest BCUT2D eigenvalue weighted by Crippen LogP contribution is -2.43. The Kier molecular flexibility index (Phi) is 9.76. The van der Waals surface area contributed by atoms with Crippen LogP contribution in [-0.2, 0) is 9.53 Å². The second kappa shape index (κ2) is 9.85. The number of amides is 1. The van der Waals surface area contributed by atoms with E-state index in [0.29, 0.717) is 11.9 Å². The fourth-order valence-corrected chi connectivity index (χ4v) is 1.30. The maximum atomic E-state index is 11.2. The van der Waals surface area contributed by atoms with Gasteiger partial charge in [-0.25, -0.2) is 4.79 Å². The normalized spacial score (nSPS) is 15.9. The van der Waals surface area contributed by atoms with Crippen molar-refractivity contribution in [1.82, 2.24) is 4.90 Å². The number of carbonyl (C=O) groups is 2. The third-order valence-corrected chi connectivity index (χ3v) is 3.71. The highest BCUT2D eigenvalue weighted by Gasteiger charge is 2.20. The Morgan fingerprint density at radius 3 is 2.24 bits per heavy atom. The minimum absolute atomic E-state index is 0.0162. The summed E-state index contributed by atoms with van der Waals surface area (Å²) in [7, 11) is 0. The quantitative estimate of drug-likeness (QED) is 0.592. The minimum Gasteiger partial charge on any atom is -0.450 e.